The Morgan fingerprint density at radius 1 is 1.00 bits per heavy atom. The van der Waals surface area contributed by atoms with E-state index in [9.17, 15) is 5.11 Å². The van der Waals surface area contributed by atoms with E-state index in [0.717, 1.165) is 18.4 Å². The molecule has 3 rings (SSSR count). The fourth-order valence-electron chi connectivity index (χ4n) is 5.20. The molecule has 162 valence electrons. The van der Waals surface area contributed by atoms with Gasteiger partial charge < -0.3 is 9.53 Å². The van der Waals surface area contributed by atoms with Crippen LogP contribution in [0.15, 0.2) is 72.8 Å². The maximum Gasteiger partial charge on any atom is 0.261 e. The molecule has 1 aliphatic carbocycles. The minimum atomic E-state index is -2.56. The summed E-state index contributed by atoms with van der Waals surface area (Å²) in [5, 5.41) is 12.4. The van der Waals surface area contributed by atoms with Gasteiger partial charge in [0, 0.05) is 25.0 Å². The topological polar surface area (TPSA) is 29.5 Å². The quantitative estimate of drug-likeness (QED) is 0.514. The fraction of sp³-hybridized carbons (Fsp3) is 0.481. The first-order valence-electron chi connectivity index (χ1n) is 11.2. The molecule has 0 aliphatic heterocycles. The van der Waals surface area contributed by atoms with Crippen LogP contribution in [0.4, 0.5) is 0 Å². The average molecular weight is 423 g/mol. The third-order valence-corrected chi connectivity index (χ3v) is 12.2. The second kappa shape index (κ2) is 8.82. The average Bonchev–Trinajstić information content (AvgIpc) is 2.71. The lowest BCUT2D eigenvalue weighted by Gasteiger charge is -2.48. The van der Waals surface area contributed by atoms with Crippen molar-refractivity contribution in [1.82, 2.24) is 0 Å². The maximum atomic E-state index is 9.87. The van der Waals surface area contributed by atoms with E-state index in [1.165, 1.54) is 10.4 Å². The third kappa shape index (κ3) is 4.21. The van der Waals surface area contributed by atoms with Crippen LogP contribution in [-0.4, -0.2) is 26.6 Å². The van der Waals surface area contributed by atoms with Gasteiger partial charge in [0.05, 0.1) is 0 Å². The van der Waals surface area contributed by atoms with Crippen molar-refractivity contribution in [2.45, 2.75) is 52.5 Å². The summed E-state index contributed by atoms with van der Waals surface area (Å²) in [4.78, 5) is 0. The monoisotopic (exact) mass is 422 g/mol. The lowest BCUT2D eigenvalue weighted by atomic mass is 9.63. The summed E-state index contributed by atoms with van der Waals surface area (Å²) in [6, 6.07) is 21.6. The van der Waals surface area contributed by atoms with Gasteiger partial charge in [-0.1, -0.05) is 107 Å². The molecule has 2 aromatic carbocycles. The summed E-state index contributed by atoms with van der Waals surface area (Å²) in [6.45, 7) is 16.9. The standard InChI is InChI=1S/C27H38O2Si/c1-21-22(19-28)17-18-27(5,6)25(21)20-29-30(26(2,3)4,23-13-9-7-10-14-23)24-15-11-8-12-16-24/h7-16,22,25,28H,1,17-20H2,2-6H3/t22-,25-/m1/s1. The van der Waals surface area contributed by atoms with Gasteiger partial charge in [0.1, 0.15) is 0 Å². The smallest absolute Gasteiger partial charge is 0.261 e. The molecule has 0 unspecified atom stereocenters. The summed E-state index contributed by atoms with van der Waals surface area (Å²) < 4.78 is 7.20. The summed E-state index contributed by atoms with van der Waals surface area (Å²) in [5.74, 6) is 0.427. The molecule has 0 aromatic heterocycles. The van der Waals surface area contributed by atoms with Crippen LogP contribution >= 0.6 is 0 Å². The normalized spacial score (nSPS) is 22.1. The summed E-state index contributed by atoms with van der Waals surface area (Å²) in [6.07, 6.45) is 2.10. The minimum Gasteiger partial charge on any atom is -0.407 e. The molecule has 1 N–H and O–H groups in total. The molecule has 30 heavy (non-hydrogen) atoms. The van der Waals surface area contributed by atoms with Crippen molar-refractivity contribution in [3.8, 4) is 0 Å². The second-order valence-electron chi connectivity index (χ2n) is 10.5. The Hall–Kier alpha value is -1.68. The van der Waals surface area contributed by atoms with Crippen molar-refractivity contribution in [2.24, 2.45) is 17.3 Å². The summed E-state index contributed by atoms with van der Waals surface area (Å²) in [7, 11) is -2.56. The lowest BCUT2D eigenvalue weighted by molar-refractivity contribution is 0.0849. The lowest BCUT2D eigenvalue weighted by Crippen LogP contribution is -2.67. The van der Waals surface area contributed by atoms with Gasteiger partial charge in [-0.3, -0.25) is 0 Å². The first-order chi connectivity index (χ1) is 14.1. The van der Waals surface area contributed by atoms with E-state index in [2.05, 4.69) is 102 Å². The van der Waals surface area contributed by atoms with Gasteiger partial charge in [-0.2, -0.15) is 0 Å². The Labute approximate surface area is 184 Å². The molecule has 0 amide bonds. The van der Waals surface area contributed by atoms with Crippen molar-refractivity contribution in [3.63, 3.8) is 0 Å². The van der Waals surface area contributed by atoms with Crippen molar-refractivity contribution >= 4 is 18.7 Å². The molecular weight excluding hydrogens is 384 g/mol. The van der Waals surface area contributed by atoms with Crippen molar-refractivity contribution in [1.29, 1.82) is 0 Å². The molecular formula is C27H38O2Si. The number of aliphatic hydroxyl groups is 1. The molecule has 2 nitrogen and oxygen atoms in total. The maximum absolute atomic E-state index is 9.87. The van der Waals surface area contributed by atoms with E-state index >= 15 is 0 Å². The van der Waals surface area contributed by atoms with Gasteiger partial charge in [0.2, 0.25) is 0 Å². The minimum absolute atomic E-state index is 0.0355. The highest BCUT2D eigenvalue weighted by Gasteiger charge is 2.51. The zero-order chi connectivity index (χ0) is 22.0. The van der Waals surface area contributed by atoms with Gasteiger partial charge in [-0.25, -0.2) is 0 Å². The van der Waals surface area contributed by atoms with Crippen LogP contribution in [0.5, 0.6) is 0 Å². The van der Waals surface area contributed by atoms with Crippen molar-refractivity contribution in [3.05, 3.63) is 72.8 Å². The zero-order valence-corrected chi connectivity index (χ0v) is 20.3. The summed E-state index contributed by atoms with van der Waals surface area (Å²) in [5.41, 5.74) is 1.28. The van der Waals surface area contributed by atoms with Crippen LogP contribution in [0.2, 0.25) is 5.04 Å². The van der Waals surface area contributed by atoms with Gasteiger partial charge in [-0.15, -0.1) is 0 Å². The van der Waals surface area contributed by atoms with Crippen molar-refractivity contribution in [2.75, 3.05) is 13.2 Å². The zero-order valence-electron chi connectivity index (χ0n) is 19.3. The first kappa shape index (κ1) is 23.0. The number of benzene rings is 2. The van der Waals surface area contributed by atoms with Crippen LogP contribution in [0.1, 0.15) is 47.5 Å². The molecule has 1 fully saturated rings. The Morgan fingerprint density at radius 3 is 1.93 bits per heavy atom. The molecule has 3 heteroatoms. The molecule has 0 saturated heterocycles. The largest absolute Gasteiger partial charge is 0.407 e. The van der Waals surface area contributed by atoms with E-state index < -0.39 is 8.32 Å². The molecule has 2 aromatic rings. The van der Waals surface area contributed by atoms with Crippen LogP contribution in [0.3, 0.4) is 0 Å². The predicted octanol–water partition coefficient (Wildman–Crippen LogP) is 5.16. The van der Waals surface area contributed by atoms with E-state index in [4.69, 9.17) is 4.43 Å². The number of hydrogen-bond acceptors (Lipinski definition) is 2. The van der Waals surface area contributed by atoms with Crippen molar-refractivity contribution < 1.29 is 9.53 Å². The van der Waals surface area contributed by atoms with Crippen LogP contribution < -0.4 is 10.4 Å². The van der Waals surface area contributed by atoms with Gasteiger partial charge >= 0.3 is 0 Å². The molecule has 0 heterocycles. The fourth-order valence-corrected chi connectivity index (χ4v) is 9.78. The van der Waals surface area contributed by atoms with Gasteiger partial charge in [0.25, 0.3) is 8.32 Å². The predicted molar refractivity (Wildman–Crippen MR) is 130 cm³/mol. The molecule has 1 saturated carbocycles. The number of hydrogen-bond donors (Lipinski definition) is 1. The summed E-state index contributed by atoms with van der Waals surface area (Å²) >= 11 is 0. The Morgan fingerprint density at radius 2 is 1.50 bits per heavy atom. The third-order valence-electron chi connectivity index (χ3n) is 7.16. The highest BCUT2D eigenvalue weighted by Crippen LogP contribution is 2.47. The first-order valence-corrected chi connectivity index (χ1v) is 13.1. The molecule has 1 aliphatic rings. The highest BCUT2D eigenvalue weighted by atomic mass is 28.4. The van der Waals surface area contributed by atoms with E-state index in [-0.39, 0.29) is 28.9 Å². The van der Waals surface area contributed by atoms with E-state index in [1.54, 1.807) is 0 Å². The van der Waals surface area contributed by atoms with Crippen LogP contribution in [0.25, 0.3) is 0 Å². The molecule has 0 bridgehead atoms. The molecule has 2 atom stereocenters. The highest BCUT2D eigenvalue weighted by molar-refractivity contribution is 6.99. The van der Waals surface area contributed by atoms with Crippen LogP contribution in [0, 0.1) is 17.3 Å². The molecule has 0 spiro atoms. The Balaban J connectivity index is 2.06. The Bertz CT molecular complexity index is 797. The van der Waals surface area contributed by atoms with Gasteiger partial charge in [-0.05, 0) is 33.7 Å². The number of rotatable bonds is 6. The van der Waals surface area contributed by atoms with E-state index in [0.29, 0.717) is 6.61 Å². The number of aliphatic hydroxyl groups excluding tert-OH is 1. The molecule has 0 radical (unpaired) electrons. The van der Waals surface area contributed by atoms with Gasteiger partial charge in [0.15, 0.2) is 0 Å². The van der Waals surface area contributed by atoms with Crippen LogP contribution in [-0.2, 0) is 4.43 Å². The SMILES string of the molecule is C=C1[C@@H](CO)CCC(C)(C)[C@@H]1CO[Si](c1ccccc1)(c1ccccc1)C(C)(C)C. The second-order valence-corrected chi connectivity index (χ2v) is 14.8. The van der Waals surface area contributed by atoms with E-state index in [1.807, 2.05) is 0 Å². The Kier molecular flexibility index (Phi) is 6.76.